The first kappa shape index (κ1) is 28.5. The molecule has 3 heterocycles. The number of aryl methyl sites for hydroxylation is 1. The van der Waals surface area contributed by atoms with Gasteiger partial charge in [0.05, 0.1) is 5.75 Å². The zero-order valence-electron chi connectivity index (χ0n) is 22.6. The number of carbonyl (C=O) groups is 2. The van der Waals surface area contributed by atoms with E-state index in [9.17, 15) is 9.59 Å². The maximum Gasteiger partial charge on any atom is 0.254 e. The second-order valence-corrected chi connectivity index (χ2v) is 11.9. The lowest BCUT2D eigenvalue weighted by Crippen LogP contribution is -2.54. The summed E-state index contributed by atoms with van der Waals surface area (Å²) in [4.78, 5) is 43.2. The van der Waals surface area contributed by atoms with Gasteiger partial charge in [0.2, 0.25) is 5.91 Å². The molecular weight excluding hydrogens is 567 g/mol. The molecule has 0 radical (unpaired) electrons. The molecule has 210 valence electrons. The van der Waals surface area contributed by atoms with Gasteiger partial charge in [-0.05, 0) is 44.2 Å². The van der Waals surface area contributed by atoms with Crippen molar-refractivity contribution in [1.82, 2.24) is 19.8 Å². The standard InChI is InChI=1S/C29H32Cl2N6O2S/c1-20-6-8-22(9-7-20)28(39)37-15-14-36(18-21(37)2)26-17-25(31)32-29(33-26)40-19-27(38)35-12-10-34(11-13-35)24-5-3-4-23(30)16-24/h3-9,16-17,21H,10-15,18-19H2,1-2H3/t21-/m1/s1. The lowest BCUT2D eigenvalue weighted by molar-refractivity contribution is -0.128. The molecule has 11 heteroatoms. The van der Waals surface area contributed by atoms with E-state index in [0.717, 1.165) is 24.3 Å². The van der Waals surface area contributed by atoms with E-state index >= 15 is 0 Å². The number of hydrogen-bond acceptors (Lipinski definition) is 7. The number of rotatable bonds is 6. The molecule has 1 atom stereocenters. The van der Waals surface area contributed by atoms with Gasteiger partial charge in [0.25, 0.3) is 5.91 Å². The van der Waals surface area contributed by atoms with Crippen LogP contribution >= 0.6 is 35.0 Å². The van der Waals surface area contributed by atoms with Crippen LogP contribution in [-0.2, 0) is 4.79 Å². The quantitative estimate of drug-likeness (QED) is 0.227. The summed E-state index contributed by atoms with van der Waals surface area (Å²) in [6, 6.07) is 17.2. The van der Waals surface area contributed by atoms with Gasteiger partial charge in [-0.2, -0.15) is 0 Å². The number of anilines is 2. The average Bonchev–Trinajstić information content (AvgIpc) is 2.96. The van der Waals surface area contributed by atoms with Crippen LogP contribution in [0.15, 0.2) is 59.8 Å². The summed E-state index contributed by atoms with van der Waals surface area (Å²) in [5.41, 5.74) is 2.90. The smallest absolute Gasteiger partial charge is 0.254 e. The Balaban J connectivity index is 1.15. The third-order valence-corrected chi connectivity index (χ3v) is 8.56. The number of thioether (sulfide) groups is 1. The fraction of sp³-hybridized carbons (Fsp3) is 0.379. The lowest BCUT2D eigenvalue weighted by Gasteiger charge is -2.40. The van der Waals surface area contributed by atoms with Crippen molar-refractivity contribution >= 4 is 58.3 Å². The Morgan fingerprint density at radius 1 is 0.925 bits per heavy atom. The van der Waals surface area contributed by atoms with Crippen molar-refractivity contribution in [3.63, 3.8) is 0 Å². The zero-order chi connectivity index (χ0) is 28.2. The van der Waals surface area contributed by atoms with Crippen molar-refractivity contribution in [3.05, 3.63) is 75.9 Å². The molecule has 2 fully saturated rings. The van der Waals surface area contributed by atoms with Crippen LogP contribution in [-0.4, -0.2) is 89.2 Å². The van der Waals surface area contributed by atoms with E-state index in [2.05, 4.69) is 14.8 Å². The molecule has 5 rings (SSSR count). The van der Waals surface area contributed by atoms with Crippen LogP contribution in [0.5, 0.6) is 0 Å². The topological polar surface area (TPSA) is 72.9 Å². The Hall–Kier alpha value is -3.01. The highest BCUT2D eigenvalue weighted by Gasteiger charge is 2.29. The van der Waals surface area contributed by atoms with Crippen molar-refractivity contribution < 1.29 is 9.59 Å². The molecule has 2 aliphatic heterocycles. The molecule has 2 aliphatic rings. The number of carbonyl (C=O) groups excluding carboxylic acids is 2. The van der Waals surface area contributed by atoms with E-state index in [1.54, 1.807) is 6.07 Å². The highest BCUT2D eigenvalue weighted by molar-refractivity contribution is 7.99. The van der Waals surface area contributed by atoms with Gasteiger partial charge in [0.1, 0.15) is 11.0 Å². The van der Waals surface area contributed by atoms with E-state index in [4.69, 9.17) is 28.2 Å². The second kappa shape index (κ2) is 12.7. The maximum absolute atomic E-state index is 13.1. The van der Waals surface area contributed by atoms with Gasteiger partial charge >= 0.3 is 0 Å². The van der Waals surface area contributed by atoms with Crippen LogP contribution in [0.1, 0.15) is 22.8 Å². The molecule has 8 nitrogen and oxygen atoms in total. The first-order valence-corrected chi connectivity index (χ1v) is 15.1. The van der Waals surface area contributed by atoms with Crippen LogP contribution in [0.2, 0.25) is 10.2 Å². The fourth-order valence-corrected chi connectivity index (χ4v) is 6.21. The van der Waals surface area contributed by atoms with Gasteiger partial charge in [-0.15, -0.1) is 0 Å². The lowest BCUT2D eigenvalue weighted by atomic mass is 10.1. The largest absolute Gasteiger partial charge is 0.368 e. The Kier molecular flexibility index (Phi) is 9.03. The molecule has 1 aromatic heterocycles. The first-order chi connectivity index (χ1) is 19.3. The van der Waals surface area contributed by atoms with Gasteiger partial charge in [0.15, 0.2) is 5.16 Å². The molecule has 0 saturated carbocycles. The van der Waals surface area contributed by atoms with Crippen molar-refractivity contribution in [3.8, 4) is 0 Å². The normalized spacial score (nSPS) is 17.8. The SMILES string of the molecule is Cc1ccc(C(=O)N2CCN(c3cc(Cl)nc(SCC(=O)N4CCN(c5cccc(Cl)c5)CC4)n3)C[C@H]2C)cc1. The summed E-state index contributed by atoms with van der Waals surface area (Å²) in [5, 5.41) is 1.51. The van der Waals surface area contributed by atoms with Gasteiger partial charge in [-0.3, -0.25) is 9.59 Å². The first-order valence-electron chi connectivity index (χ1n) is 13.3. The number of amides is 2. The summed E-state index contributed by atoms with van der Waals surface area (Å²) >= 11 is 13.8. The molecule has 0 bridgehead atoms. The number of hydrogen-bond donors (Lipinski definition) is 0. The summed E-state index contributed by atoms with van der Waals surface area (Å²) < 4.78 is 0. The molecule has 0 aliphatic carbocycles. The van der Waals surface area contributed by atoms with Crippen LogP contribution in [0.3, 0.4) is 0 Å². The summed E-state index contributed by atoms with van der Waals surface area (Å²) in [5.74, 6) is 1.04. The summed E-state index contributed by atoms with van der Waals surface area (Å²) in [6.45, 7) is 8.71. The molecule has 2 amide bonds. The van der Waals surface area contributed by atoms with E-state index in [0.29, 0.717) is 59.4 Å². The number of benzene rings is 2. The predicted molar refractivity (Wildman–Crippen MR) is 162 cm³/mol. The van der Waals surface area contributed by atoms with Crippen molar-refractivity contribution in [1.29, 1.82) is 0 Å². The van der Waals surface area contributed by atoms with Crippen LogP contribution in [0, 0.1) is 6.92 Å². The van der Waals surface area contributed by atoms with Crippen molar-refractivity contribution in [2.45, 2.75) is 25.0 Å². The van der Waals surface area contributed by atoms with Crippen LogP contribution in [0.4, 0.5) is 11.5 Å². The fourth-order valence-electron chi connectivity index (χ4n) is 5.05. The number of halogens is 2. The Morgan fingerprint density at radius 3 is 2.35 bits per heavy atom. The number of piperazine rings is 2. The predicted octanol–water partition coefficient (Wildman–Crippen LogP) is 4.88. The molecule has 0 spiro atoms. The van der Waals surface area contributed by atoms with Gasteiger partial charge in [0, 0.05) is 74.2 Å². The minimum Gasteiger partial charge on any atom is -0.368 e. The molecule has 2 aromatic carbocycles. The number of nitrogens with zero attached hydrogens (tertiary/aromatic N) is 6. The summed E-state index contributed by atoms with van der Waals surface area (Å²) in [6.07, 6.45) is 0. The molecule has 0 unspecified atom stereocenters. The molecular formula is C29H32Cl2N6O2S. The van der Waals surface area contributed by atoms with Crippen molar-refractivity contribution in [2.24, 2.45) is 0 Å². The minimum atomic E-state index is -0.000413. The van der Waals surface area contributed by atoms with Gasteiger partial charge < -0.3 is 19.6 Å². The van der Waals surface area contributed by atoms with Gasteiger partial charge in [-0.1, -0.05) is 58.7 Å². The van der Waals surface area contributed by atoms with E-state index < -0.39 is 0 Å². The zero-order valence-corrected chi connectivity index (χ0v) is 24.9. The van der Waals surface area contributed by atoms with E-state index in [1.807, 2.05) is 72.2 Å². The average molecular weight is 600 g/mol. The third-order valence-electron chi connectivity index (χ3n) is 7.30. The molecule has 0 N–H and O–H groups in total. The highest BCUT2D eigenvalue weighted by Crippen LogP contribution is 2.26. The van der Waals surface area contributed by atoms with Gasteiger partial charge in [-0.25, -0.2) is 9.97 Å². The third kappa shape index (κ3) is 6.82. The van der Waals surface area contributed by atoms with Crippen LogP contribution < -0.4 is 9.80 Å². The molecule has 3 aromatic rings. The monoisotopic (exact) mass is 598 g/mol. The summed E-state index contributed by atoms with van der Waals surface area (Å²) in [7, 11) is 0. The Morgan fingerprint density at radius 2 is 1.65 bits per heavy atom. The van der Waals surface area contributed by atoms with Crippen molar-refractivity contribution in [2.75, 3.05) is 61.4 Å². The Labute approximate surface area is 249 Å². The second-order valence-electron chi connectivity index (χ2n) is 10.1. The van der Waals surface area contributed by atoms with E-state index in [1.165, 1.54) is 11.8 Å². The minimum absolute atomic E-state index is 0.000413. The van der Waals surface area contributed by atoms with E-state index in [-0.39, 0.29) is 23.6 Å². The highest BCUT2D eigenvalue weighted by atomic mass is 35.5. The number of aromatic nitrogens is 2. The molecule has 40 heavy (non-hydrogen) atoms. The maximum atomic E-state index is 13.1. The molecule has 2 saturated heterocycles. The Bertz CT molecular complexity index is 1370. The van der Waals surface area contributed by atoms with Crippen LogP contribution in [0.25, 0.3) is 0 Å².